The predicted molar refractivity (Wildman–Crippen MR) is 135 cm³/mol. The zero-order valence-corrected chi connectivity index (χ0v) is 23.3. The average molecular weight is 556 g/mol. The number of nitriles is 1. The lowest BCUT2D eigenvalue weighted by Gasteiger charge is -2.37. The minimum absolute atomic E-state index is 0.00993. The van der Waals surface area contributed by atoms with E-state index in [1.54, 1.807) is 20.8 Å². The highest BCUT2D eigenvalue weighted by Crippen LogP contribution is 2.42. The molecule has 218 valence electrons. The number of carbonyl (C=O) groups is 4. The minimum atomic E-state index is -5.17. The number of nitrogens with one attached hydrogen (secondary N) is 3. The fourth-order valence-corrected chi connectivity index (χ4v) is 6.14. The molecule has 3 aliphatic rings. The Labute approximate surface area is 227 Å². The minimum Gasteiger partial charge on any atom is -0.351 e. The fraction of sp³-hybridized carbons (Fsp3) is 0.815. The van der Waals surface area contributed by atoms with E-state index in [-0.39, 0.29) is 36.2 Å². The van der Waals surface area contributed by atoms with Gasteiger partial charge in [0.25, 0.3) is 0 Å². The maximum atomic E-state index is 13.7. The Morgan fingerprint density at radius 3 is 2.33 bits per heavy atom. The van der Waals surface area contributed by atoms with Crippen molar-refractivity contribution in [2.75, 3.05) is 6.54 Å². The van der Waals surface area contributed by atoms with E-state index in [1.165, 1.54) is 4.90 Å². The first-order chi connectivity index (χ1) is 17.9. The third-order valence-corrected chi connectivity index (χ3v) is 8.28. The predicted octanol–water partition coefficient (Wildman–Crippen LogP) is 2.80. The Balaban J connectivity index is 1.81. The van der Waals surface area contributed by atoms with E-state index in [0.29, 0.717) is 12.8 Å². The largest absolute Gasteiger partial charge is 0.471 e. The molecule has 0 aromatic rings. The summed E-state index contributed by atoms with van der Waals surface area (Å²) in [4.78, 5) is 53.0. The van der Waals surface area contributed by atoms with Gasteiger partial charge in [-0.2, -0.15) is 18.4 Å². The van der Waals surface area contributed by atoms with Crippen LogP contribution in [0.4, 0.5) is 13.2 Å². The molecule has 0 aromatic carbocycles. The molecular formula is C27H40F3N5O4. The summed E-state index contributed by atoms with van der Waals surface area (Å²) in [6.07, 6.45) is -0.559. The number of hydrogen-bond acceptors (Lipinski definition) is 5. The second-order valence-corrected chi connectivity index (χ2v) is 12.9. The van der Waals surface area contributed by atoms with Gasteiger partial charge in [0.2, 0.25) is 17.7 Å². The van der Waals surface area contributed by atoms with E-state index >= 15 is 0 Å². The van der Waals surface area contributed by atoms with Gasteiger partial charge in [0.1, 0.15) is 18.1 Å². The molecule has 0 radical (unpaired) electrons. The normalized spacial score (nSPS) is 28.4. The molecule has 9 nitrogen and oxygen atoms in total. The molecule has 0 spiro atoms. The van der Waals surface area contributed by atoms with E-state index in [2.05, 4.69) is 16.7 Å². The van der Waals surface area contributed by atoms with Crippen LogP contribution in [0.2, 0.25) is 0 Å². The van der Waals surface area contributed by atoms with Gasteiger partial charge in [0.05, 0.1) is 6.07 Å². The molecule has 1 saturated carbocycles. The lowest BCUT2D eigenvalue weighted by Crippen LogP contribution is -2.60. The summed E-state index contributed by atoms with van der Waals surface area (Å²) in [6.45, 7) is 8.66. The van der Waals surface area contributed by atoms with Crippen LogP contribution in [0.5, 0.6) is 0 Å². The summed E-state index contributed by atoms with van der Waals surface area (Å²) < 4.78 is 39.2. The first-order valence-electron chi connectivity index (χ1n) is 13.6. The van der Waals surface area contributed by atoms with Crippen molar-refractivity contribution in [3.05, 3.63) is 0 Å². The molecule has 2 aliphatic heterocycles. The lowest BCUT2D eigenvalue weighted by molar-refractivity contribution is -0.176. The summed E-state index contributed by atoms with van der Waals surface area (Å²) >= 11 is 0. The Morgan fingerprint density at radius 1 is 1.13 bits per heavy atom. The second kappa shape index (κ2) is 11.3. The summed E-state index contributed by atoms with van der Waals surface area (Å²) in [6, 6.07) is -1.41. The van der Waals surface area contributed by atoms with Gasteiger partial charge in [-0.1, -0.05) is 33.6 Å². The van der Waals surface area contributed by atoms with Gasteiger partial charge in [-0.15, -0.1) is 0 Å². The molecule has 3 fully saturated rings. The number of nitrogens with zero attached hydrogens (tertiary/aromatic N) is 2. The van der Waals surface area contributed by atoms with Crippen LogP contribution >= 0.6 is 0 Å². The van der Waals surface area contributed by atoms with Crippen molar-refractivity contribution in [3.63, 3.8) is 0 Å². The Kier molecular flexibility index (Phi) is 8.92. The molecule has 0 aromatic heterocycles. The standard InChI is InChI=1S/C27H40F3N5O4/c1-25(2,3)20(33-24(39)27(28,29)30)23(38)35-14-16-8-6-7-9-18(16)19(35)22(37)32-17(13-31)12-15-10-11-26(4,5)34-21(15)36/h15-20H,6-12,14H2,1-5H3,(H,32,37)(H,33,39)(H,34,36)/t15-,16-,17-,18?,19-,20+/m0/s1. The van der Waals surface area contributed by atoms with Crippen molar-refractivity contribution in [2.45, 2.75) is 109 Å². The number of halogens is 3. The highest BCUT2D eigenvalue weighted by Gasteiger charge is 2.52. The maximum Gasteiger partial charge on any atom is 0.471 e. The van der Waals surface area contributed by atoms with Crippen LogP contribution in [0, 0.1) is 34.5 Å². The van der Waals surface area contributed by atoms with Crippen molar-refractivity contribution in [3.8, 4) is 6.07 Å². The number of likely N-dealkylation sites (tertiary alicyclic amines) is 1. The molecule has 3 rings (SSSR count). The molecule has 1 unspecified atom stereocenters. The third-order valence-electron chi connectivity index (χ3n) is 8.28. The number of hydrogen-bond donors (Lipinski definition) is 3. The van der Waals surface area contributed by atoms with Crippen molar-refractivity contribution in [1.82, 2.24) is 20.9 Å². The van der Waals surface area contributed by atoms with Crippen LogP contribution < -0.4 is 16.0 Å². The van der Waals surface area contributed by atoms with Crippen molar-refractivity contribution < 1.29 is 32.3 Å². The quantitative estimate of drug-likeness (QED) is 0.464. The molecule has 39 heavy (non-hydrogen) atoms. The van der Waals surface area contributed by atoms with E-state index < -0.39 is 53.4 Å². The molecule has 0 bridgehead atoms. The monoisotopic (exact) mass is 555 g/mol. The number of alkyl halides is 3. The zero-order valence-electron chi connectivity index (χ0n) is 23.3. The van der Waals surface area contributed by atoms with Gasteiger partial charge in [-0.3, -0.25) is 19.2 Å². The summed E-state index contributed by atoms with van der Waals surface area (Å²) in [5.41, 5.74) is -1.41. The van der Waals surface area contributed by atoms with Crippen LogP contribution in [0.1, 0.15) is 79.6 Å². The van der Waals surface area contributed by atoms with Crippen LogP contribution in [-0.4, -0.2) is 64.9 Å². The smallest absolute Gasteiger partial charge is 0.351 e. The van der Waals surface area contributed by atoms with Crippen LogP contribution in [-0.2, 0) is 19.2 Å². The molecular weight excluding hydrogens is 515 g/mol. The first kappa shape index (κ1) is 30.7. The highest BCUT2D eigenvalue weighted by molar-refractivity contribution is 5.94. The molecule has 2 heterocycles. The van der Waals surface area contributed by atoms with Gasteiger partial charge in [-0.25, -0.2) is 0 Å². The van der Waals surface area contributed by atoms with Crippen molar-refractivity contribution in [2.24, 2.45) is 23.2 Å². The van der Waals surface area contributed by atoms with Gasteiger partial charge < -0.3 is 20.9 Å². The zero-order chi connectivity index (χ0) is 29.3. The number of amides is 4. The Morgan fingerprint density at radius 2 is 1.77 bits per heavy atom. The van der Waals surface area contributed by atoms with E-state index in [9.17, 15) is 37.6 Å². The number of piperidine rings is 1. The Bertz CT molecular complexity index is 1020. The van der Waals surface area contributed by atoms with E-state index in [1.807, 2.05) is 19.2 Å². The molecule has 3 N–H and O–H groups in total. The number of rotatable bonds is 6. The molecule has 6 atom stereocenters. The Hall–Kier alpha value is -2.84. The van der Waals surface area contributed by atoms with E-state index in [0.717, 1.165) is 25.7 Å². The van der Waals surface area contributed by atoms with Gasteiger partial charge in [-0.05, 0) is 63.2 Å². The topological polar surface area (TPSA) is 131 Å². The molecule has 4 amide bonds. The van der Waals surface area contributed by atoms with Crippen LogP contribution in [0.3, 0.4) is 0 Å². The number of fused-ring (bicyclic) bond motifs is 1. The van der Waals surface area contributed by atoms with Crippen molar-refractivity contribution in [1.29, 1.82) is 5.26 Å². The van der Waals surface area contributed by atoms with Gasteiger partial charge in [0, 0.05) is 18.0 Å². The van der Waals surface area contributed by atoms with Gasteiger partial charge in [0.15, 0.2) is 0 Å². The number of carbonyl (C=O) groups excluding carboxylic acids is 4. The van der Waals surface area contributed by atoms with Crippen LogP contribution in [0.15, 0.2) is 0 Å². The summed E-state index contributed by atoms with van der Waals surface area (Å²) in [7, 11) is 0. The fourth-order valence-electron chi connectivity index (χ4n) is 6.14. The summed E-state index contributed by atoms with van der Waals surface area (Å²) in [5, 5.41) is 17.3. The lowest BCUT2D eigenvalue weighted by atomic mass is 9.78. The summed E-state index contributed by atoms with van der Waals surface area (Å²) in [5.74, 6) is -4.38. The van der Waals surface area contributed by atoms with Crippen molar-refractivity contribution >= 4 is 23.6 Å². The maximum absolute atomic E-state index is 13.7. The average Bonchev–Trinajstić information content (AvgIpc) is 3.21. The second-order valence-electron chi connectivity index (χ2n) is 12.9. The molecule has 12 heteroatoms. The SMILES string of the molecule is CC1(C)CC[C@@H](C[C@@H](C#N)NC(=O)[C@@H]2C3CCCC[C@H]3CN2C(=O)[C@@H](NC(=O)C(F)(F)F)C(C)(C)C)C(=O)N1. The van der Waals surface area contributed by atoms with Gasteiger partial charge >= 0.3 is 12.1 Å². The molecule has 2 saturated heterocycles. The van der Waals surface area contributed by atoms with Crippen LogP contribution in [0.25, 0.3) is 0 Å². The third kappa shape index (κ3) is 7.22. The van der Waals surface area contributed by atoms with E-state index in [4.69, 9.17) is 0 Å². The first-order valence-corrected chi connectivity index (χ1v) is 13.6. The highest BCUT2D eigenvalue weighted by atomic mass is 19.4. The molecule has 1 aliphatic carbocycles.